The van der Waals surface area contributed by atoms with Crippen molar-refractivity contribution in [3.05, 3.63) is 64.3 Å². The summed E-state index contributed by atoms with van der Waals surface area (Å²) in [6.45, 7) is 6.17. The second kappa shape index (κ2) is 11.5. The first-order valence-electron chi connectivity index (χ1n) is 12.2. The number of H-pyrrole nitrogens is 1. The van der Waals surface area contributed by atoms with Crippen LogP contribution in [0.25, 0.3) is 10.9 Å². The largest absolute Gasteiger partial charge is 0.485 e. The van der Waals surface area contributed by atoms with E-state index in [0.29, 0.717) is 55.1 Å². The van der Waals surface area contributed by atoms with Crippen LogP contribution >= 0.6 is 15.9 Å². The van der Waals surface area contributed by atoms with Gasteiger partial charge in [0.1, 0.15) is 11.4 Å². The van der Waals surface area contributed by atoms with Gasteiger partial charge in [0.05, 0.1) is 29.7 Å². The Bertz CT molecular complexity index is 1280. The Balaban J connectivity index is 1.50. The second-order valence-electron chi connectivity index (χ2n) is 9.48. The number of carbonyl (C=O) groups excluding carboxylic acids is 3. The lowest BCUT2D eigenvalue weighted by atomic mass is 10.1. The Morgan fingerprint density at radius 1 is 1.03 bits per heavy atom. The molecule has 0 atom stereocenters. The van der Waals surface area contributed by atoms with Gasteiger partial charge in [0.15, 0.2) is 0 Å². The maximum atomic E-state index is 13.4. The molecule has 0 unspecified atom stereocenters. The van der Waals surface area contributed by atoms with E-state index in [9.17, 15) is 14.4 Å². The molecule has 1 aliphatic heterocycles. The summed E-state index contributed by atoms with van der Waals surface area (Å²) >= 11 is 3.51. The molecule has 1 aromatic heterocycles. The van der Waals surface area contributed by atoms with Crippen LogP contribution in [0.1, 0.15) is 34.6 Å². The van der Waals surface area contributed by atoms with Gasteiger partial charge < -0.3 is 30.0 Å². The van der Waals surface area contributed by atoms with Crippen LogP contribution in [0.3, 0.4) is 0 Å². The number of nitrogens with one attached hydrogen (secondary N) is 1. The predicted octanol–water partition coefficient (Wildman–Crippen LogP) is 3.23. The molecule has 196 valence electrons. The third-order valence-corrected chi connectivity index (χ3v) is 6.82. The zero-order valence-corrected chi connectivity index (χ0v) is 22.5. The number of aromatic nitrogens is 1. The number of benzene rings is 2. The molecule has 2 aromatic carbocycles. The lowest BCUT2D eigenvalue weighted by molar-refractivity contribution is -0.127. The summed E-state index contributed by atoms with van der Waals surface area (Å²) in [5, 5.41) is 0.525. The van der Waals surface area contributed by atoms with Crippen LogP contribution in [0.5, 0.6) is 5.75 Å². The van der Waals surface area contributed by atoms with Crippen molar-refractivity contribution >= 4 is 44.4 Å². The number of ketones is 1. The van der Waals surface area contributed by atoms with E-state index >= 15 is 0 Å². The van der Waals surface area contributed by atoms with E-state index in [1.54, 1.807) is 23.1 Å². The van der Waals surface area contributed by atoms with Gasteiger partial charge in [-0.2, -0.15) is 0 Å². The van der Waals surface area contributed by atoms with Gasteiger partial charge in [0.25, 0.3) is 17.6 Å². The highest BCUT2D eigenvalue weighted by atomic mass is 79.9. The first kappa shape index (κ1) is 26.8. The van der Waals surface area contributed by atoms with Crippen molar-refractivity contribution in [2.75, 3.05) is 45.9 Å². The summed E-state index contributed by atoms with van der Waals surface area (Å²) in [7, 11) is 0. The number of amides is 2. The summed E-state index contributed by atoms with van der Waals surface area (Å²) in [4.78, 5) is 45.6. The first-order valence-corrected chi connectivity index (χ1v) is 13.0. The number of hydrogen-bond acceptors (Lipinski definition) is 6. The molecule has 3 N–H and O–H groups in total. The van der Waals surface area contributed by atoms with E-state index in [1.165, 1.54) is 11.1 Å². The van der Waals surface area contributed by atoms with E-state index in [4.69, 9.17) is 15.2 Å². The lowest BCUT2D eigenvalue weighted by Crippen LogP contribution is -2.52. The van der Waals surface area contributed by atoms with Gasteiger partial charge >= 0.3 is 0 Å². The molecule has 2 heterocycles. The Hall–Kier alpha value is -3.21. The molecule has 0 aliphatic carbocycles. The van der Waals surface area contributed by atoms with Crippen LogP contribution in [-0.4, -0.2) is 83.9 Å². The summed E-state index contributed by atoms with van der Waals surface area (Å²) in [6, 6.07) is 12.6. The normalized spacial score (nSPS) is 14.2. The van der Waals surface area contributed by atoms with Gasteiger partial charge in [-0.1, -0.05) is 18.2 Å². The SMILES string of the molecule is CC(C)(COCCN)Oc1ccc(Br)c2[nH]cc(C(=O)C(=O)N3CCN(C(=O)c4ccccc4)CC3)c12. The summed E-state index contributed by atoms with van der Waals surface area (Å²) in [5.74, 6) is -0.853. The highest BCUT2D eigenvalue weighted by molar-refractivity contribution is 9.10. The van der Waals surface area contributed by atoms with Crippen LogP contribution in [0.15, 0.2) is 53.1 Å². The molecule has 1 fully saturated rings. The third kappa shape index (κ3) is 6.03. The smallest absolute Gasteiger partial charge is 0.295 e. The van der Waals surface area contributed by atoms with Gasteiger partial charge in [0, 0.05) is 49.0 Å². The first-order chi connectivity index (χ1) is 17.7. The molecular formula is C27H31BrN4O5. The number of fused-ring (bicyclic) bond motifs is 1. The zero-order valence-electron chi connectivity index (χ0n) is 21.0. The van der Waals surface area contributed by atoms with E-state index in [0.717, 1.165) is 4.47 Å². The topological polar surface area (TPSA) is 118 Å². The number of aromatic amines is 1. The summed E-state index contributed by atoms with van der Waals surface area (Å²) in [6.07, 6.45) is 1.54. The van der Waals surface area contributed by atoms with E-state index < -0.39 is 17.3 Å². The van der Waals surface area contributed by atoms with Crippen molar-refractivity contribution in [1.82, 2.24) is 14.8 Å². The van der Waals surface area contributed by atoms with Crippen molar-refractivity contribution in [3.63, 3.8) is 0 Å². The molecule has 4 rings (SSSR count). The fourth-order valence-electron chi connectivity index (χ4n) is 4.31. The van der Waals surface area contributed by atoms with Gasteiger partial charge in [-0.3, -0.25) is 14.4 Å². The van der Waals surface area contributed by atoms with Crippen LogP contribution < -0.4 is 10.5 Å². The van der Waals surface area contributed by atoms with Crippen molar-refractivity contribution in [2.24, 2.45) is 5.73 Å². The number of nitrogens with two attached hydrogens (primary N) is 1. The molecule has 1 saturated heterocycles. The minimum Gasteiger partial charge on any atom is -0.485 e. The summed E-state index contributed by atoms with van der Waals surface area (Å²) in [5.41, 5.74) is 6.31. The van der Waals surface area contributed by atoms with Crippen LogP contribution in [0, 0.1) is 0 Å². The van der Waals surface area contributed by atoms with Crippen molar-refractivity contribution in [3.8, 4) is 5.75 Å². The molecule has 37 heavy (non-hydrogen) atoms. The molecule has 0 bridgehead atoms. The molecule has 0 spiro atoms. The van der Waals surface area contributed by atoms with Crippen LogP contribution in [-0.2, 0) is 9.53 Å². The molecule has 2 amide bonds. The predicted molar refractivity (Wildman–Crippen MR) is 144 cm³/mol. The zero-order chi connectivity index (χ0) is 26.6. The number of Topliss-reactive ketones (excluding diaryl/α,β-unsaturated/α-hetero) is 1. The average Bonchev–Trinajstić information content (AvgIpc) is 3.36. The van der Waals surface area contributed by atoms with Gasteiger partial charge in [-0.15, -0.1) is 0 Å². The minimum atomic E-state index is -0.695. The monoisotopic (exact) mass is 570 g/mol. The molecule has 1 aliphatic rings. The Kier molecular flexibility index (Phi) is 8.31. The van der Waals surface area contributed by atoms with E-state index in [-0.39, 0.29) is 24.6 Å². The van der Waals surface area contributed by atoms with Crippen LogP contribution in [0.4, 0.5) is 0 Å². The standard InChI is InChI=1S/C27H31BrN4O5/c1-27(2,17-36-15-10-29)37-21-9-8-20(28)23-22(21)19(16-30-23)24(33)26(35)32-13-11-31(12-14-32)25(34)18-6-4-3-5-7-18/h3-9,16,30H,10-15,17,29H2,1-2H3. The Morgan fingerprint density at radius 2 is 1.70 bits per heavy atom. The maximum Gasteiger partial charge on any atom is 0.295 e. The van der Waals surface area contributed by atoms with Crippen molar-refractivity contribution in [2.45, 2.75) is 19.4 Å². The lowest BCUT2D eigenvalue weighted by Gasteiger charge is -2.34. The number of nitrogens with zero attached hydrogens (tertiary/aromatic N) is 2. The Morgan fingerprint density at radius 3 is 2.38 bits per heavy atom. The van der Waals surface area contributed by atoms with Gasteiger partial charge in [0.2, 0.25) is 0 Å². The van der Waals surface area contributed by atoms with Gasteiger partial charge in [-0.25, -0.2) is 0 Å². The fraction of sp³-hybridized carbons (Fsp3) is 0.370. The quantitative estimate of drug-likeness (QED) is 0.231. The van der Waals surface area contributed by atoms with Crippen molar-refractivity contribution < 1.29 is 23.9 Å². The maximum absolute atomic E-state index is 13.4. The molecule has 0 saturated carbocycles. The summed E-state index contributed by atoms with van der Waals surface area (Å²) < 4.78 is 12.6. The van der Waals surface area contributed by atoms with E-state index in [1.807, 2.05) is 38.1 Å². The minimum absolute atomic E-state index is 0.0830. The number of piperazine rings is 1. The molecular weight excluding hydrogens is 540 g/mol. The Labute approximate surface area is 224 Å². The number of ether oxygens (including phenoxy) is 2. The number of hydrogen-bond donors (Lipinski definition) is 2. The molecule has 0 radical (unpaired) electrons. The molecule has 3 aromatic rings. The molecule has 10 heteroatoms. The van der Waals surface area contributed by atoms with E-state index in [2.05, 4.69) is 20.9 Å². The molecule has 9 nitrogen and oxygen atoms in total. The number of halogens is 1. The van der Waals surface area contributed by atoms with Crippen molar-refractivity contribution in [1.29, 1.82) is 0 Å². The highest BCUT2D eigenvalue weighted by Crippen LogP contribution is 2.36. The average molecular weight is 571 g/mol. The van der Waals surface area contributed by atoms with Gasteiger partial charge in [-0.05, 0) is 54.0 Å². The second-order valence-corrected chi connectivity index (χ2v) is 10.3. The third-order valence-electron chi connectivity index (χ3n) is 6.16. The highest BCUT2D eigenvalue weighted by Gasteiger charge is 2.32. The number of carbonyl (C=O) groups is 3. The number of rotatable bonds is 9. The fourth-order valence-corrected chi connectivity index (χ4v) is 4.76. The van der Waals surface area contributed by atoms with Crippen LogP contribution in [0.2, 0.25) is 0 Å².